The Bertz CT molecular complexity index is 760. The number of carbonyl (C=O) groups excluding carboxylic acids is 1. The highest BCUT2D eigenvalue weighted by molar-refractivity contribution is 9.10. The number of halogens is 2. The fourth-order valence-electron chi connectivity index (χ4n) is 2.95. The Hall–Kier alpha value is -1.88. The van der Waals surface area contributed by atoms with Gasteiger partial charge in [-0.25, -0.2) is 4.39 Å². The summed E-state index contributed by atoms with van der Waals surface area (Å²) in [7, 11) is 0. The number of hydrogen-bond donors (Lipinski definition) is 1. The van der Waals surface area contributed by atoms with Crippen LogP contribution >= 0.6 is 15.9 Å². The topological polar surface area (TPSA) is 32.3 Å². The maximum absolute atomic E-state index is 14.4. The molecule has 1 aliphatic heterocycles. The lowest BCUT2D eigenvalue weighted by Gasteiger charge is -2.38. The Morgan fingerprint density at radius 1 is 1.18 bits per heavy atom. The van der Waals surface area contributed by atoms with Gasteiger partial charge in [-0.15, -0.1) is 0 Å². The lowest BCUT2D eigenvalue weighted by Crippen LogP contribution is -2.44. The van der Waals surface area contributed by atoms with Crippen molar-refractivity contribution in [3.8, 4) is 0 Å². The third kappa shape index (κ3) is 2.20. The minimum absolute atomic E-state index is 0.0239. The highest BCUT2D eigenvalue weighted by Crippen LogP contribution is 2.41. The summed E-state index contributed by atoms with van der Waals surface area (Å²) in [6.07, 6.45) is 1.50. The fraction of sp³-hybridized carbons (Fsp3) is 0.235. The molecule has 2 aromatic rings. The largest absolute Gasteiger partial charge is 0.361 e. The molecule has 1 aliphatic carbocycles. The normalized spacial score (nSPS) is 20.5. The van der Waals surface area contributed by atoms with Gasteiger partial charge in [0.05, 0.1) is 5.56 Å². The molecule has 3 nitrogen and oxygen atoms in total. The summed E-state index contributed by atoms with van der Waals surface area (Å²) in [5.74, 6) is -0.339. The van der Waals surface area contributed by atoms with Crippen molar-refractivity contribution in [3.63, 3.8) is 0 Å². The van der Waals surface area contributed by atoms with Gasteiger partial charge in [-0.2, -0.15) is 0 Å². The van der Waals surface area contributed by atoms with E-state index in [1.807, 2.05) is 24.3 Å². The van der Waals surface area contributed by atoms with Crippen LogP contribution in [0.4, 0.5) is 10.1 Å². The molecule has 0 saturated heterocycles. The summed E-state index contributed by atoms with van der Waals surface area (Å²) in [5.41, 5.74) is 1.91. The van der Waals surface area contributed by atoms with Gasteiger partial charge in [0.15, 0.2) is 0 Å². The highest BCUT2D eigenvalue weighted by atomic mass is 79.9. The Morgan fingerprint density at radius 3 is 2.68 bits per heavy atom. The molecule has 1 amide bonds. The van der Waals surface area contributed by atoms with Crippen molar-refractivity contribution in [2.75, 3.05) is 5.32 Å². The molecule has 0 spiro atoms. The number of benzene rings is 2. The first kappa shape index (κ1) is 13.8. The monoisotopic (exact) mass is 360 g/mol. The third-order valence-corrected chi connectivity index (χ3v) is 4.65. The zero-order valence-electron chi connectivity index (χ0n) is 11.7. The Balaban J connectivity index is 1.82. The maximum Gasteiger partial charge on any atom is 0.258 e. The van der Waals surface area contributed by atoms with Gasteiger partial charge < -0.3 is 10.2 Å². The molecule has 22 heavy (non-hydrogen) atoms. The van der Waals surface area contributed by atoms with Gasteiger partial charge in [-0.05, 0) is 37.1 Å². The lowest BCUT2D eigenvalue weighted by atomic mass is 10.0. The van der Waals surface area contributed by atoms with Gasteiger partial charge >= 0.3 is 0 Å². The number of para-hydroxylation sites is 1. The van der Waals surface area contributed by atoms with Crippen LogP contribution in [0.1, 0.15) is 34.9 Å². The van der Waals surface area contributed by atoms with Gasteiger partial charge in [0.1, 0.15) is 12.0 Å². The minimum Gasteiger partial charge on any atom is -0.361 e. The van der Waals surface area contributed by atoms with Gasteiger partial charge in [-0.1, -0.05) is 34.1 Å². The van der Waals surface area contributed by atoms with E-state index in [2.05, 4.69) is 21.2 Å². The number of amides is 1. The number of anilines is 1. The van der Waals surface area contributed by atoms with Crippen LogP contribution in [-0.4, -0.2) is 16.8 Å². The molecule has 5 heteroatoms. The zero-order valence-corrected chi connectivity index (χ0v) is 13.3. The number of rotatable bonds is 2. The predicted molar refractivity (Wildman–Crippen MR) is 86.1 cm³/mol. The second-order valence-corrected chi connectivity index (χ2v) is 6.62. The van der Waals surface area contributed by atoms with Crippen molar-refractivity contribution in [1.82, 2.24) is 4.90 Å². The number of nitrogens with one attached hydrogen (secondary N) is 1. The molecule has 4 rings (SSSR count). The van der Waals surface area contributed by atoms with E-state index in [0.717, 1.165) is 18.5 Å². The standard InChI is InChI=1S/C17H14BrFN2O/c18-10-5-8-12(14(19)9-10)16-20-15-4-2-1-3-13(15)17(22)21(16)11-6-7-11/h1-5,8-9,11,16,20H,6-7H2/t16-/m1/s1. The third-order valence-electron chi connectivity index (χ3n) is 4.16. The van der Waals surface area contributed by atoms with E-state index in [0.29, 0.717) is 15.6 Å². The summed E-state index contributed by atoms with van der Waals surface area (Å²) in [5, 5.41) is 3.33. The molecule has 2 aromatic carbocycles. The quantitative estimate of drug-likeness (QED) is 0.864. The van der Waals surface area contributed by atoms with E-state index in [1.54, 1.807) is 17.0 Å². The summed E-state index contributed by atoms with van der Waals surface area (Å²) in [6, 6.07) is 12.6. The summed E-state index contributed by atoms with van der Waals surface area (Å²) >= 11 is 3.27. The maximum atomic E-state index is 14.4. The van der Waals surface area contributed by atoms with E-state index in [-0.39, 0.29) is 17.8 Å². The van der Waals surface area contributed by atoms with Gasteiger partial charge in [0.25, 0.3) is 5.91 Å². The van der Waals surface area contributed by atoms with E-state index in [9.17, 15) is 9.18 Å². The van der Waals surface area contributed by atoms with E-state index >= 15 is 0 Å². The molecule has 2 aliphatic rings. The lowest BCUT2D eigenvalue weighted by molar-refractivity contribution is 0.0663. The van der Waals surface area contributed by atoms with Crippen molar-refractivity contribution in [2.24, 2.45) is 0 Å². The van der Waals surface area contributed by atoms with Crippen LogP contribution in [0.5, 0.6) is 0 Å². The number of nitrogens with zero attached hydrogens (tertiary/aromatic N) is 1. The minimum atomic E-state index is -0.456. The van der Waals surface area contributed by atoms with Crippen LogP contribution in [0, 0.1) is 5.82 Å². The SMILES string of the molecule is O=C1c2ccccc2N[C@@H](c2ccc(Br)cc2F)N1C1CC1. The molecule has 0 aromatic heterocycles. The summed E-state index contributed by atoms with van der Waals surface area (Å²) in [6.45, 7) is 0. The smallest absolute Gasteiger partial charge is 0.258 e. The molecule has 112 valence electrons. The number of fused-ring (bicyclic) bond motifs is 1. The molecular weight excluding hydrogens is 347 g/mol. The van der Waals surface area contributed by atoms with Gasteiger partial charge in [0.2, 0.25) is 0 Å². The Kier molecular flexibility index (Phi) is 3.18. The zero-order chi connectivity index (χ0) is 15.3. The highest BCUT2D eigenvalue weighted by Gasteiger charge is 2.42. The Labute approximate surface area is 136 Å². The van der Waals surface area contributed by atoms with Crippen LogP contribution < -0.4 is 5.32 Å². The average Bonchev–Trinajstić information content (AvgIpc) is 3.32. The van der Waals surface area contributed by atoms with Crippen LogP contribution in [0.2, 0.25) is 0 Å². The van der Waals surface area contributed by atoms with Crippen molar-refractivity contribution in [2.45, 2.75) is 25.0 Å². The van der Waals surface area contributed by atoms with Crippen LogP contribution in [0.15, 0.2) is 46.9 Å². The second-order valence-electron chi connectivity index (χ2n) is 5.70. The molecule has 1 fully saturated rings. The molecule has 1 saturated carbocycles. The van der Waals surface area contributed by atoms with Crippen LogP contribution in [0.25, 0.3) is 0 Å². The first-order chi connectivity index (χ1) is 10.6. The molecule has 1 N–H and O–H groups in total. The van der Waals surface area contributed by atoms with E-state index in [4.69, 9.17) is 0 Å². The molecule has 0 radical (unpaired) electrons. The first-order valence-electron chi connectivity index (χ1n) is 7.28. The first-order valence-corrected chi connectivity index (χ1v) is 8.07. The van der Waals surface area contributed by atoms with Crippen molar-refractivity contribution in [1.29, 1.82) is 0 Å². The molecular formula is C17H14BrFN2O. The fourth-order valence-corrected chi connectivity index (χ4v) is 3.28. The van der Waals surface area contributed by atoms with E-state index in [1.165, 1.54) is 6.07 Å². The molecule has 0 unspecified atom stereocenters. The number of carbonyl (C=O) groups is 1. The van der Waals surface area contributed by atoms with Crippen molar-refractivity contribution in [3.05, 3.63) is 63.9 Å². The summed E-state index contributed by atoms with van der Waals surface area (Å²) in [4.78, 5) is 14.6. The van der Waals surface area contributed by atoms with Crippen LogP contribution in [-0.2, 0) is 0 Å². The van der Waals surface area contributed by atoms with Crippen molar-refractivity contribution >= 4 is 27.5 Å². The second kappa shape index (κ2) is 5.09. The van der Waals surface area contributed by atoms with Gasteiger partial charge in [-0.3, -0.25) is 4.79 Å². The Morgan fingerprint density at radius 2 is 1.95 bits per heavy atom. The van der Waals surface area contributed by atoms with Gasteiger partial charge in [0, 0.05) is 21.8 Å². The van der Waals surface area contributed by atoms with Crippen molar-refractivity contribution < 1.29 is 9.18 Å². The molecule has 1 heterocycles. The van der Waals surface area contributed by atoms with Crippen LogP contribution in [0.3, 0.4) is 0 Å². The number of hydrogen-bond acceptors (Lipinski definition) is 2. The molecule has 1 atom stereocenters. The average molecular weight is 361 g/mol. The molecule has 0 bridgehead atoms. The van der Waals surface area contributed by atoms with E-state index < -0.39 is 6.17 Å². The predicted octanol–water partition coefficient (Wildman–Crippen LogP) is 4.32. The summed E-state index contributed by atoms with van der Waals surface area (Å²) < 4.78 is 15.1.